The molecular formula is C13H20O7. The summed E-state index contributed by atoms with van der Waals surface area (Å²) >= 11 is 0. The van der Waals surface area contributed by atoms with Gasteiger partial charge in [-0.3, -0.25) is 9.59 Å². The molecule has 0 spiro atoms. The van der Waals surface area contributed by atoms with Gasteiger partial charge in [-0.05, 0) is 13.8 Å². The minimum atomic E-state index is -0.953. The van der Waals surface area contributed by atoms with E-state index in [1.165, 1.54) is 6.92 Å². The highest BCUT2D eigenvalue weighted by atomic mass is 16.7. The van der Waals surface area contributed by atoms with E-state index in [0.29, 0.717) is 6.61 Å². The molecule has 0 N–H and O–H groups in total. The number of Topliss-reactive ketones (excluding diaryl/α,β-unsaturated/α-hetero) is 1. The largest absolute Gasteiger partial charge is 0.463 e. The van der Waals surface area contributed by atoms with E-state index in [1.807, 2.05) is 0 Å². The van der Waals surface area contributed by atoms with E-state index in [4.69, 9.17) is 14.2 Å². The van der Waals surface area contributed by atoms with Gasteiger partial charge in [0, 0.05) is 13.3 Å². The predicted molar refractivity (Wildman–Crippen MR) is 66.7 cm³/mol. The number of ether oxygens (including phenoxy) is 4. The Hall–Kier alpha value is -1.47. The van der Waals surface area contributed by atoms with Crippen molar-refractivity contribution in [3.8, 4) is 0 Å². The molecule has 1 aliphatic heterocycles. The molecule has 1 fully saturated rings. The zero-order chi connectivity index (χ0) is 15.3. The van der Waals surface area contributed by atoms with E-state index >= 15 is 0 Å². The van der Waals surface area contributed by atoms with Crippen molar-refractivity contribution in [1.82, 2.24) is 0 Å². The first kappa shape index (κ1) is 16.6. The van der Waals surface area contributed by atoms with E-state index in [-0.39, 0.29) is 18.9 Å². The Morgan fingerprint density at radius 2 is 2.00 bits per heavy atom. The number of carbonyl (C=O) groups excluding carboxylic acids is 3. The predicted octanol–water partition coefficient (Wildman–Crippen LogP) is 0.592. The Morgan fingerprint density at radius 3 is 2.45 bits per heavy atom. The van der Waals surface area contributed by atoms with Crippen LogP contribution in [-0.2, 0) is 33.3 Å². The Bertz CT molecular complexity index is 388. The number of hydrogen-bond donors (Lipinski definition) is 0. The molecule has 7 heteroatoms. The van der Waals surface area contributed by atoms with Gasteiger partial charge in [-0.1, -0.05) is 0 Å². The van der Waals surface area contributed by atoms with E-state index in [1.54, 1.807) is 13.8 Å². The van der Waals surface area contributed by atoms with Crippen LogP contribution < -0.4 is 0 Å². The minimum Gasteiger partial charge on any atom is -0.463 e. The molecule has 0 saturated carbocycles. The van der Waals surface area contributed by atoms with Crippen molar-refractivity contribution in [1.29, 1.82) is 0 Å². The van der Waals surface area contributed by atoms with E-state index in [9.17, 15) is 14.4 Å². The normalized spacial score (nSPS) is 22.1. The molecule has 0 unspecified atom stereocenters. The third-order valence-electron chi connectivity index (χ3n) is 2.75. The third kappa shape index (κ3) is 5.26. The summed E-state index contributed by atoms with van der Waals surface area (Å²) in [5.74, 6) is -2.91. The molecule has 0 aliphatic carbocycles. The van der Waals surface area contributed by atoms with Crippen LogP contribution in [0.2, 0.25) is 0 Å². The van der Waals surface area contributed by atoms with Gasteiger partial charge >= 0.3 is 11.9 Å². The number of methoxy groups -OCH3 is 1. The monoisotopic (exact) mass is 288 g/mol. The number of carbonyl (C=O) groups is 3. The Labute approximate surface area is 117 Å². The Morgan fingerprint density at radius 1 is 1.35 bits per heavy atom. The second-order valence-corrected chi connectivity index (χ2v) is 5.04. The van der Waals surface area contributed by atoms with Crippen LogP contribution in [0.25, 0.3) is 0 Å². The highest BCUT2D eigenvalue weighted by Crippen LogP contribution is 2.26. The molecule has 1 heterocycles. The van der Waals surface area contributed by atoms with Crippen molar-refractivity contribution in [3.05, 3.63) is 0 Å². The molecule has 0 aromatic rings. The van der Waals surface area contributed by atoms with Gasteiger partial charge in [-0.15, -0.1) is 0 Å². The fourth-order valence-electron chi connectivity index (χ4n) is 1.98. The summed E-state index contributed by atoms with van der Waals surface area (Å²) in [5, 5.41) is 0. The average Bonchev–Trinajstić information content (AvgIpc) is 2.66. The van der Waals surface area contributed by atoms with Gasteiger partial charge < -0.3 is 18.9 Å². The molecule has 1 saturated heterocycles. The van der Waals surface area contributed by atoms with Gasteiger partial charge in [0.1, 0.15) is 6.10 Å². The molecule has 2 atom stereocenters. The maximum Gasteiger partial charge on any atom is 0.374 e. The van der Waals surface area contributed by atoms with E-state index in [2.05, 4.69) is 4.74 Å². The van der Waals surface area contributed by atoms with Crippen LogP contribution in [0.4, 0.5) is 0 Å². The number of rotatable bonds is 6. The SMILES string of the molecule is COC(=O)C(=O)C[C@@H](C[C@H]1COC(C)(C)O1)OC(C)=O. The fourth-order valence-corrected chi connectivity index (χ4v) is 1.98. The number of hydrogen-bond acceptors (Lipinski definition) is 7. The van der Waals surface area contributed by atoms with Gasteiger partial charge in [0.2, 0.25) is 5.78 Å². The van der Waals surface area contributed by atoms with E-state index in [0.717, 1.165) is 7.11 Å². The molecule has 0 amide bonds. The Kier molecular flexibility index (Phi) is 5.64. The van der Waals surface area contributed by atoms with Crippen molar-refractivity contribution < 1.29 is 33.3 Å². The summed E-state index contributed by atoms with van der Waals surface area (Å²) < 4.78 is 20.4. The average molecular weight is 288 g/mol. The highest BCUT2D eigenvalue weighted by molar-refractivity contribution is 6.33. The molecule has 0 bridgehead atoms. The lowest BCUT2D eigenvalue weighted by Gasteiger charge is -2.21. The van der Waals surface area contributed by atoms with Gasteiger partial charge in [0.25, 0.3) is 0 Å². The van der Waals surface area contributed by atoms with Crippen LogP contribution >= 0.6 is 0 Å². The van der Waals surface area contributed by atoms with Crippen molar-refractivity contribution >= 4 is 17.7 Å². The van der Waals surface area contributed by atoms with Gasteiger partial charge in [0.15, 0.2) is 5.79 Å². The van der Waals surface area contributed by atoms with Crippen LogP contribution in [0, 0.1) is 0 Å². The third-order valence-corrected chi connectivity index (χ3v) is 2.75. The molecule has 1 aliphatic rings. The first-order chi connectivity index (χ1) is 9.23. The fraction of sp³-hybridized carbons (Fsp3) is 0.769. The van der Waals surface area contributed by atoms with Crippen LogP contribution in [0.5, 0.6) is 0 Å². The topological polar surface area (TPSA) is 88.1 Å². The molecule has 20 heavy (non-hydrogen) atoms. The molecular weight excluding hydrogens is 268 g/mol. The lowest BCUT2D eigenvalue weighted by molar-refractivity contribution is -0.159. The quantitative estimate of drug-likeness (QED) is 0.522. The summed E-state index contributed by atoms with van der Waals surface area (Å²) in [7, 11) is 1.12. The van der Waals surface area contributed by atoms with Crippen LogP contribution in [0.15, 0.2) is 0 Å². The molecule has 0 radical (unpaired) electrons. The summed E-state index contributed by atoms with van der Waals surface area (Å²) in [6, 6.07) is 0. The van der Waals surface area contributed by atoms with Gasteiger partial charge in [0.05, 0.1) is 26.2 Å². The molecule has 114 valence electrons. The lowest BCUT2D eigenvalue weighted by atomic mass is 10.1. The van der Waals surface area contributed by atoms with Crippen molar-refractivity contribution in [2.75, 3.05) is 13.7 Å². The van der Waals surface area contributed by atoms with Crippen molar-refractivity contribution in [2.24, 2.45) is 0 Å². The summed E-state index contributed by atoms with van der Waals surface area (Å²) in [6.07, 6.45) is -0.973. The first-order valence-corrected chi connectivity index (χ1v) is 6.33. The number of esters is 2. The first-order valence-electron chi connectivity index (χ1n) is 6.33. The maximum absolute atomic E-state index is 11.5. The Balaban J connectivity index is 2.58. The highest BCUT2D eigenvalue weighted by Gasteiger charge is 2.35. The molecule has 7 nitrogen and oxygen atoms in total. The molecule has 1 rings (SSSR count). The molecule has 0 aromatic carbocycles. The second kappa shape index (κ2) is 6.81. The van der Waals surface area contributed by atoms with Crippen LogP contribution in [-0.4, -0.2) is 49.4 Å². The zero-order valence-electron chi connectivity index (χ0n) is 12.1. The smallest absolute Gasteiger partial charge is 0.374 e. The lowest BCUT2D eigenvalue weighted by Crippen LogP contribution is -2.30. The molecule has 0 aromatic heterocycles. The summed E-state index contributed by atoms with van der Waals surface area (Å²) in [4.78, 5) is 33.7. The second-order valence-electron chi connectivity index (χ2n) is 5.04. The van der Waals surface area contributed by atoms with Crippen LogP contribution in [0.1, 0.15) is 33.6 Å². The summed E-state index contributed by atoms with van der Waals surface area (Å²) in [5.41, 5.74) is 0. The van der Waals surface area contributed by atoms with E-state index < -0.39 is 29.6 Å². The van der Waals surface area contributed by atoms with Gasteiger partial charge in [-0.2, -0.15) is 0 Å². The summed E-state index contributed by atoms with van der Waals surface area (Å²) in [6.45, 7) is 5.13. The maximum atomic E-state index is 11.5. The zero-order valence-corrected chi connectivity index (χ0v) is 12.1. The standard InChI is InChI=1S/C13H20O7/c1-8(14)19-9(6-11(15)12(16)17-4)5-10-7-18-13(2,3)20-10/h9-10H,5-7H2,1-4H3/t9-,10+/m1/s1. The van der Waals surface area contributed by atoms with Gasteiger partial charge in [-0.25, -0.2) is 4.79 Å². The van der Waals surface area contributed by atoms with Crippen molar-refractivity contribution in [2.45, 2.75) is 51.6 Å². The number of ketones is 1. The van der Waals surface area contributed by atoms with Crippen LogP contribution in [0.3, 0.4) is 0 Å². The minimum absolute atomic E-state index is 0.230. The van der Waals surface area contributed by atoms with Crippen molar-refractivity contribution in [3.63, 3.8) is 0 Å².